The highest BCUT2D eigenvalue weighted by Gasteiger charge is 2.18. The molecule has 0 spiro atoms. The minimum absolute atomic E-state index is 0.677. The van der Waals surface area contributed by atoms with E-state index in [4.69, 9.17) is 15.5 Å². The average molecular weight is 296 g/mol. The fourth-order valence-corrected chi connectivity index (χ4v) is 2.72. The molecule has 0 aromatic carbocycles. The zero-order valence-electron chi connectivity index (χ0n) is 12.0. The normalized spacial score (nSPS) is 15.4. The Bertz CT molecular complexity index is 795. The van der Waals surface area contributed by atoms with Gasteiger partial charge in [-0.3, -0.25) is 10.1 Å². The first-order valence-electron chi connectivity index (χ1n) is 7.20. The quantitative estimate of drug-likeness (QED) is 0.743. The van der Waals surface area contributed by atoms with Crippen molar-refractivity contribution in [2.45, 2.75) is 0 Å². The van der Waals surface area contributed by atoms with Crippen molar-refractivity contribution in [2.75, 3.05) is 36.9 Å². The number of aromatic amines is 1. The highest BCUT2D eigenvalue weighted by Crippen LogP contribution is 2.30. The topological polar surface area (TPSA) is 93.0 Å². The predicted octanol–water partition coefficient (Wildman–Crippen LogP) is 1.44. The van der Waals surface area contributed by atoms with Crippen LogP contribution in [0.1, 0.15) is 0 Å². The van der Waals surface area contributed by atoms with Gasteiger partial charge in [-0.2, -0.15) is 5.10 Å². The average Bonchev–Trinajstić information content (AvgIpc) is 3.08. The van der Waals surface area contributed by atoms with E-state index in [9.17, 15) is 0 Å². The lowest BCUT2D eigenvalue weighted by molar-refractivity contribution is 0.122. The number of ether oxygens (including phenoxy) is 1. The van der Waals surface area contributed by atoms with Crippen LogP contribution < -0.4 is 10.6 Å². The van der Waals surface area contributed by atoms with Gasteiger partial charge in [0.15, 0.2) is 5.82 Å². The van der Waals surface area contributed by atoms with Crippen LogP contribution in [0.3, 0.4) is 0 Å². The van der Waals surface area contributed by atoms with Crippen LogP contribution in [0, 0.1) is 0 Å². The Labute approximate surface area is 127 Å². The maximum Gasteiger partial charge on any atom is 0.152 e. The smallest absolute Gasteiger partial charge is 0.152 e. The second kappa shape index (κ2) is 5.27. The van der Waals surface area contributed by atoms with Crippen LogP contribution in [0.25, 0.3) is 22.3 Å². The number of rotatable bonds is 2. The fraction of sp³-hybridized carbons (Fsp3) is 0.267. The van der Waals surface area contributed by atoms with E-state index < -0.39 is 0 Å². The Morgan fingerprint density at radius 2 is 2.05 bits per heavy atom. The first kappa shape index (κ1) is 13.0. The van der Waals surface area contributed by atoms with Gasteiger partial charge in [0.25, 0.3) is 0 Å². The summed E-state index contributed by atoms with van der Waals surface area (Å²) in [5, 5.41) is 7.90. The number of nitrogens with two attached hydrogens (primary N) is 1. The van der Waals surface area contributed by atoms with Gasteiger partial charge in [-0.05, 0) is 18.2 Å². The van der Waals surface area contributed by atoms with E-state index in [1.807, 2.05) is 18.2 Å². The number of pyridine rings is 2. The number of anilines is 2. The number of hydrogen-bond acceptors (Lipinski definition) is 6. The molecule has 0 atom stereocenters. The molecule has 1 fully saturated rings. The van der Waals surface area contributed by atoms with Crippen molar-refractivity contribution in [3.8, 4) is 11.4 Å². The summed E-state index contributed by atoms with van der Waals surface area (Å²) >= 11 is 0. The third-order valence-electron chi connectivity index (χ3n) is 3.81. The molecule has 3 N–H and O–H groups in total. The Hall–Kier alpha value is -2.67. The lowest BCUT2D eigenvalue weighted by Crippen LogP contribution is -2.37. The number of nitrogens with one attached hydrogen (secondary N) is 1. The summed E-state index contributed by atoms with van der Waals surface area (Å²) in [6, 6.07) is 5.75. The maximum atomic E-state index is 6.20. The SMILES string of the molecule is Nc1cc2ccnc(-c3ccn[nH]3)c2nc1N1CCOCC1. The summed E-state index contributed by atoms with van der Waals surface area (Å²) in [6.07, 6.45) is 3.46. The van der Waals surface area contributed by atoms with E-state index in [1.54, 1.807) is 12.4 Å². The second-order valence-corrected chi connectivity index (χ2v) is 5.20. The Balaban J connectivity index is 1.88. The minimum Gasteiger partial charge on any atom is -0.396 e. The first-order chi connectivity index (χ1) is 10.8. The van der Waals surface area contributed by atoms with Gasteiger partial charge in [0.2, 0.25) is 0 Å². The summed E-state index contributed by atoms with van der Waals surface area (Å²) < 4.78 is 5.40. The number of aromatic nitrogens is 4. The molecular formula is C15H16N6O. The molecular weight excluding hydrogens is 280 g/mol. The number of fused-ring (bicyclic) bond motifs is 1. The van der Waals surface area contributed by atoms with E-state index in [1.165, 1.54) is 0 Å². The van der Waals surface area contributed by atoms with E-state index in [-0.39, 0.29) is 0 Å². The monoisotopic (exact) mass is 296 g/mol. The Morgan fingerprint density at radius 3 is 2.82 bits per heavy atom. The number of nitrogen functional groups attached to an aromatic ring is 1. The molecule has 0 bridgehead atoms. The van der Waals surface area contributed by atoms with Gasteiger partial charge < -0.3 is 15.4 Å². The molecule has 7 nitrogen and oxygen atoms in total. The molecule has 0 amide bonds. The van der Waals surface area contributed by atoms with Crippen LogP contribution in [0.4, 0.5) is 11.5 Å². The molecule has 0 unspecified atom stereocenters. The maximum absolute atomic E-state index is 6.20. The molecule has 1 aliphatic heterocycles. The lowest BCUT2D eigenvalue weighted by atomic mass is 10.1. The molecule has 7 heteroatoms. The van der Waals surface area contributed by atoms with Crippen LogP contribution in [-0.2, 0) is 4.74 Å². The van der Waals surface area contributed by atoms with Crippen LogP contribution in [0.5, 0.6) is 0 Å². The van der Waals surface area contributed by atoms with Crippen molar-refractivity contribution in [3.63, 3.8) is 0 Å². The van der Waals surface area contributed by atoms with Gasteiger partial charge in [-0.1, -0.05) is 0 Å². The van der Waals surface area contributed by atoms with Crippen molar-refractivity contribution in [1.82, 2.24) is 20.2 Å². The van der Waals surface area contributed by atoms with E-state index in [0.717, 1.165) is 41.2 Å². The van der Waals surface area contributed by atoms with Crippen molar-refractivity contribution >= 4 is 22.4 Å². The van der Waals surface area contributed by atoms with Crippen LogP contribution in [0.2, 0.25) is 0 Å². The molecule has 4 heterocycles. The largest absolute Gasteiger partial charge is 0.396 e. The number of morpholine rings is 1. The van der Waals surface area contributed by atoms with Crippen molar-refractivity contribution in [2.24, 2.45) is 0 Å². The number of hydrogen-bond donors (Lipinski definition) is 2. The van der Waals surface area contributed by atoms with Crippen LogP contribution >= 0.6 is 0 Å². The molecule has 22 heavy (non-hydrogen) atoms. The third kappa shape index (κ3) is 2.15. The van der Waals surface area contributed by atoms with Gasteiger partial charge in [-0.25, -0.2) is 4.98 Å². The zero-order chi connectivity index (χ0) is 14.9. The van der Waals surface area contributed by atoms with Gasteiger partial charge in [-0.15, -0.1) is 0 Å². The molecule has 4 rings (SSSR count). The molecule has 0 aliphatic carbocycles. The van der Waals surface area contributed by atoms with Gasteiger partial charge in [0.05, 0.1) is 24.6 Å². The summed E-state index contributed by atoms with van der Waals surface area (Å²) in [5.41, 5.74) is 9.32. The fourth-order valence-electron chi connectivity index (χ4n) is 2.72. The Morgan fingerprint density at radius 1 is 1.18 bits per heavy atom. The summed E-state index contributed by atoms with van der Waals surface area (Å²) in [7, 11) is 0. The summed E-state index contributed by atoms with van der Waals surface area (Å²) in [6.45, 7) is 2.98. The van der Waals surface area contributed by atoms with E-state index >= 15 is 0 Å². The molecule has 3 aromatic rings. The van der Waals surface area contributed by atoms with E-state index in [2.05, 4.69) is 20.1 Å². The molecule has 112 valence electrons. The van der Waals surface area contributed by atoms with Gasteiger partial charge >= 0.3 is 0 Å². The molecule has 1 aliphatic rings. The first-order valence-corrected chi connectivity index (χ1v) is 7.20. The highest BCUT2D eigenvalue weighted by atomic mass is 16.5. The molecule has 0 radical (unpaired) electrons. The standard InChI is InChI=1S/C15H16N6O/c16-11-9-10-1-3-17-14(12-2-4-18-20-12)13(10)19-15(11)21-5-7-22-8-6-21/h1-4,9H,5-8,16H2,(H,18,20). The molecule has 1 saturated heterocycles. The van der Waals surface area contributed by atoms with E-state index in [0.29, 0.717) is 18.9 Å². The predicted molar refractivity (Wildman–Crippen MR) is 84.6 cm³/mol. The minimum atomic E-state index is 0.677. The number of H-pyrrole nitrogens is 1. The highest BCUT2D eigenvalue weighted by molar-refractivity contribution is 5.94. The number of nitrogens with zero attached hydrogens (tertiary/aromatic N) is 4. The lowest BCUT2D eigenvalue weighted by Gasteiger charge is -2.29. The van der Waals surface area contributed by atoms with Gasteiger partial charge in [0.1, 0.15) is 11.2 Å². The van der Waals surface area contributed by atoms with Crippen LogP contribution in [-0.4, -0.2) is 46.5 Å². The summed E-state index contributed by atoms with van der Waals surface area (Å²) in [5.74, 6) is 0.796. The third-order valence-corrected chi connectivity index (χ3v) is 3.81. The van der Waals surface area contributed by atoms with Crippen molar-refractivity contribution < 1.29 is 4.74 Å². The molecule has 3 aromatic heterocycles. The Kier molecular flexibility index (Phi) is 3.12. The van der Waals surface area contributed by atoms with Crippen LogP contribution in [0.15, 0.2) is 30.6 Å². The second-order valence-electron chi connectivity index (χ2n) is 5.20. The van der Waals surface area contributed by atoms with Crippen molar-refractivity contribution in [1.29, 1.82) is 0 Å². The molecule has 0 saturated carbocycles. The van der Waals surface area contributed by atoms with Crippen molar-refractivity contribution in [3.05, 3.63) is 30.6 Å². The summed E-state index contributed by atoms with van der Waals surface area (Å²) in [4.78, 5) is 11.4. The van der Waals surface area contributed by atoms with Gasteiger partial charge in [0, 0.05) is 30.9 Å². The zero-order valence-corrected chi connectivity index (χ0v) is 12.0.